The zero-order chi connectivity index (χ0) is 26.8. The summed E-state index contributed by atoms with van der Waals surface area (Å²) in [6, 6.07) is 9.31. The Hall–Kier alpha value is -3.01. The summed E-state index contributed by atoms with van der Waals surface area (Å²) in [4.78, 5) is 28.6. The van der Waals surface area contributed by atoms with Crippen molar-refractivity contribution in [3.8, 4) is 5.75 Å². The summed E-state index contributed by atoms with van der Waals surface area (Å²) >= 11 is 0. The number of alkyl halides is 3. The van der Waals surface area contributed by atoms with Crippen LogP contribution in [0.25, 0.3) is 0 Å². The third kappa shape index (κ3) is 5.95. The fourth-order valence-electron chi connectivity index (χ4n) is 5.17. The fourth-order valence-corrected chi connectivity index (χ4v) is 5.17. The molecule has 2 saturated heterocycles. The number of nitrogens with zero attached hydrogens (tertiary/aromatic N) is 2. The lowest BCUT2D eigenvalue weighted by atomic mass is 9.76. The Bertz CT molecular complexity index is 1110. The van der Waals surface area contributed by atoms with E-state index in [-0.39, 0.29) is 12.1 Å². The van der Waals surface area contributed by atoms with Crippen LogP contribution in [0.1, 0.15) is 54.8 Å². The van der Waals surface area contributed by atoms with Gasteiger partial charge in [-0.05, 0) is 57.3 Å². The van der Waals surface area contributed by atoms with Gasteiger partial charge in [-0.2, -0.15) is 13.2 Å². The molecule has 1 aromatic heterocycles. The Kier molecular flexibility index (Phi) is 7.87. The smallest absolute Gasteiger partial charge is 0.491 e. The van der Waals surface area contributed by atoms with Crippen molar-refractivity contribution in [2.45, 2.75) is 59.0 Å². The van der Waals surface area contributed by atoms with Gasteiger partial charge in [0.2, 0.25) is 0 Å². The van der Waals surface area contributed by atoms with Crippen molar-refractivity contribution in [3.63, 3.8) is 0 Å². The van der Waals surface area contributed by atoms with Gasteiger partial charge in [0.1, 0.15) is 11.5 Å². The molecule has 2 aromatic rings. The summed E-state index contributed by atoms with van der Waals surface area (Å²) in [5.74, 6) is -1.21. The number of likely N-dealkylation sites (tertiary alicyclic amines) is 2. The average Bonchev–Trinajstić information content (AvgIpc) is 3.43. The van der Waals surface area contributed by atoms with Gasteiger partial charge in [-0.1, -0.05) is 32.0 Å². The molecule has 0 saturated carbocycles. The lowest BCUT2D eigenvalue weighted by Gasteiger charge is -2.43. The quantitative estimate of drug-likeness (QED) is 0.467. The van der Waals surface area contributed by atoms with Gasteiger partial charge in [-0.3, -0.25) is 9.69 Å². The van der Waals surface area contributed by atoms with E-state index in [4.69, 9.17) is 13.9 Å². The average molecular weight is 523 g/mol. The largest absolute Gasteiger partial charge is 0.493 e. The van der Waals surface area contributed by atoms with Gasteiger partial charge in [-0.15, -0.1) is 0 Å². The summed E-state index contributed by atoms with van der Waals surface area (Å²) in [6.45, 7) is 8.38. The van der Waals surface area contributed by atoms with Crippen LogP contribution in [-0.2, 0) is 16.1 Å². The van der Waals surface area contributed by atoms with Gasteiger partial charge in [0.15, 0.2) is 6.23 Å². The highest BCUT2D eigenvalue weighted by atomic mass is 19.4. The number of hydrogen-bond donors (Lipinski definition) is 0. The topological polar surface area (TPSA) is 72.2 Å². The van der Waals surface area contributed by atoms with Crippen molar-refractivity contribution >= 4 is 11.9 Å². The van der Waals surface area contributed by atoms with E-state index in [0.29, 0.717) is 57.2 Å². The highest BCUT2D eigenvalue weighted by Crippen LogP contribution is 2.47. The highest BCUT2D eigenvalue weighted by Gasteiger charge is 2.55. The SMILES string of the molecule is Cc1occc1C(=O)N1CCC2(CCN(Cc3ccccc3OCC(C)C)CC2)C1OC(=O)C(F)(F)F. The number of benzene rings is 1. The first kappa shape index (κ1) is 27.0. The summed E-state index contributed by atoms with van der Waals surface area (Å²) in [5, 5.41) is 0. The van der Waals surface area contributed by atoms with Crippen LogP contribution >= 0.6 is 0 Å². The van der Waals surface area contributed by atoms with Gasteiger partial charge >= 0.3 is 12.1 Å². The Morgan fingerprint density at radius 1 is 1.11 bits per heavy atom. The number of furan rings is 1. The Labute approximate surface area is 214 Å². The molecule has 3 heterocycles. The van der Waals surface area contributed by atoms with Crippen molar-refractivity contribution in [2.24, 2.45) is 11.3 Å². The molecular weight excluding hydrogens is 489 g/mol. The van der Waals surface area contributed by atoms with Gasteiger partial charge in [0, 0.05) is 24.1 Å². The molecule has 202 valence electrons. The Morgan fingerprint density at radius 2 is 1.78 bits per heavy atom. The van der Waals surface area contributed by atoms with Crippen molar-refractivity contribution in [1.82, 2.24) is 9.80 Å². The second kappa shape index (κ2) is 10.8. The van der Waals surface area contributed by atoms with Gasteiger partial charge < -0.3 is 18.8 Å². The maximum Gasteiger partial charge on any atom is 0.491 e. The normalized spacial score (nSPS) is 20.0. The molecule has 1 amide bonds. The first-order chi connectivity index (χ1) is 17.5. The van der Waals surface area contributed by atoms with E-state index in [1.807, 2.05) is 24.3 Å². The number of halogens is 3. The number of amides is 1. The Morgan fingerprint density at radius 3 is 2.41 bits per heavy atom. The van der Waals surface area contributed by atoms with Gasteiger partial charge in [0.25, 0.3) is 5.91 Å². The number of rotatable bonds is 7. The number of hydrogen-bond acceptors (Lipinski definition) is 6. The number of aryl methyl sites for hydroxylation is 1. The lowest BCUT2D eigenvalue weighted by Crippen LogP contribution is -2.51. The third-order valence-electron chi connectivity index (χ3n) is 7.25. The predicted molar refractivity (Wildman–Crippen MR) is 129 cm³/mol. The second-order valence-corrected chi connectivity index (χ2v) is 10.3. The molecule has 37 heavy (non-hydrogen) atoms. The minimum Gasteiger partial charge on any atom is -0.493 e. The molecule has 4 rings (SSSR count). The predicted octanol–water partition coefficient (Wildman–Crippen LogP) is 5.18. The van der Waals surface area contributed by atoms with Crippen LogP contribution in [0.4, 0.5) is 13.2 Å². The van der Waals surface area contributed by atoms with Crippen LogP contribution in [0.2, 0.25) is 0 Å². The molecule has 10 heteroatoms. The van der Waals surface area contributed by atoms with Crippen LogP contribution < -0.4 is 4.74 Å². The van der Waals surface area contributed by atoms with Crippen LogP contribution in [-0.4, -0.2) is 60.3 Å². The van der Waals surface area contributed by atoms with E-state index in [1.165, 1.54) is 17.2 Å². The summed E-state index contributed by atoms with van der Waals surface area (Å²) in [5.41, 5.74) is 0.539. The van der Waals surface area contributed by atoms with Crippen molar-refractivity contribution in [3.05, 3.63) is 53.5 Å². The third-order valence-corrected chi connectivity index (χ3v) is 7.25. The molecule has 0 N–H and O–H groups in total. The first-order valence-electron chi connectivity index (χ1n) is 12.6. The van der Waals surface area contributed by atoms with Crippen molar-refractivity contribution < 1.29 is 36.7 Å². The van der Waals surface area contributed by atoms with Crippen LogP contribution in [0.5, 0.6) is 5.75 Å². The molecule has 1 unspecified atom stereocenters. The summed E-state index contributed by atoms with van der Waals surface area (Å²) in [7, 11) is 0. The zero-order valence-corrected chi connectivity index (χ0v) is 21.3. The zero-order valence-electron chi connectivity index (χ0n) is 21.3. The van der Waals surface area contributed by atoms with E-state index >= 15 is 0 Å². The maximum absolute atomic E-state index is 13.2. The molecule has 0 radical (unpaired) electrons. The molecular formula is C27H33F3N2O5. The van der Waals surface area contributed by atoms with E-state index in [9.17, 15) is 22.8 Å². The lowest BCUT2D eigenvalue weighted by molar-refractivity contribution is -0.217. The molecule has 1 aromatic carbocycles. The standard InChI is InChI=1S/C27H33F3N2O5/c1-18(2)17-36-22-7-5-4-6-20(22)16-31-12-9-26(10-13-31)11-14-32(23(33)21-8-15-35-19(21)3)24(26)37-25(34)27(28,29)30/h4-8,15,18,24H,9-14,16-17H2,1-3H3. The molecule has 2 fully saturated rings. The number of ether oxygens (including phenoxy) is 2. The number of esters is 1. The number of piperidine rings is 1. The highest BCUT2D eigenvalue weighted by molar-refractivity contribution is 5.95. The monoisotopic (exact) mass is 522 g/mol. The maximum atomic E-state index is 13.2. The van der Waals surface area contributed by atoms with Gasteiger partial charge in [-0.25, -0.2) is 4.79 Å². The minimum atomic E-state index is -5.15. The van der Waals surface area contributed by atoms with E-state index in [1.54, 1.807) is 6.92 Å². The van der Waals surface area contributed by atoms with Crippen LogP contribution in [0.3, 0.4) is 0 Å². The van der Waals surface area contributed by atoms with E-state index in [0.717, 1.165) is 11.3 Å². The van der Waals surface area contributed by atoms with Crippen LogP contribution in [0, 0.1) is 18.3 Å². The van der Waals surface area contributed by atoms with Crippen molar-refractivity contribution in [2.75, 3.05) is 26.2 Å². The number of para-hydroxylation sites is 1. The van der Waals surface area contributed by atoms with E-state index < -0.39 is 29.7 Å². The fraction of sp³-hybridized carbons (Fsp3) is 0.556. The molecule has 0 aliphatic carbocycles. The first-order valence-corrected chi connectivity index (χ1v) is 12.6. The number of carbonyl (C=O) groups excluding carboxylic acids is 2. The number of carbonyl (C=O) groups is 2. The molecule has 2 aliphatic rings. The summed E-state index contributed by atoms with van der Waals surface area (Å²) in [6.07, 6.45) is -3.66. The van der Waals surface area contributed by atoms with Gasteiger partial charge in [0.05, 0.1) is 18.4 Å². The second-order valence-electron chi connectivity index (χ2n) is 10.3. The Balaban J connectivity index is 1.49. The van der Waals surface area contributed by atoms with E-state index in [2.05, 4.69) is 18.7 Å². The summed E-state index contributed by atoms with van der Waals surface area (Å²) < 4.78 is 55.7. The van der Waals surface area contributed by atoms with Crippen LogP contribution in [0.15, 0.2) is 41.0 Å². The molecule has 1 atom stereocenters. The molecule has 0 bridgehead atoms. The molecule has 1 spiro atoms. The molecule has 7 nitrogen and oxygen atoms in total. The molecule has 2 aliphatic heterocycles. The minimum absolute atomic E-state index is 0.200. The van der Waals surface area contributed by atoms with Crippen molar-refractivity contribution in [1.29, 1.82) is 0 Å².